The van der Waals surface area contributed by atoms with Crippen LogP contribution in [0.2, 0.25) is 0 Å². The highest BCUT2D eigenvalue weighted by Gasteiger charge is 2.13. The first-order valence-electron chi connectivity index (χ1n) is 4.60. The van der Waals surface area contributed by atoms with E-state index < -0.39 is 5.97 Å². The molecule has 5 nitrogen and oxygen atoms in total. The largest absolute Gasteiger partial charge is 0.464 e. The van der Waals surface area contributed by atoms with Gasteiger partial charge in [0, 0.05) is 7.05 Å². The number of carbonyl (C=O) groups excluding carboxylic acids is 1. The highest BCUT2D eigenvalue weighted by atomic mass is 16.5. The summed E-state index contributed by atoms with van der Waals surface area (Å²) < 4.78 is 6.18. The Labute approximate surface area is 88.5 Å². The zero-order valence-corrected chi connectivity index (χ0v) is 8.99. The number of hydrogen-bond acceptors (Lipinski definition) is 4. The second-order valence-corrected chi connectivity index (χ2v) is 3.17. The Morgan fingerprint density at radius 2 is 2.40 bits per heavy atom. The monoisotopic (exact) mass is 209 g/mol. The van der Waals surface area contributed by atoms with Gasteiger partial charge in [-0.25, -0.2) is 4.79 Å². The van der Waals surface area contributed by atoms with E-state index in [1.165, 1.54) is 7.11 Å². The molecule has 0 radical (unpaired) electrons. The SMILES string of the molecule is C=C(CCN)c1cc(C(=O)OC)nn1C. The molecule has 0 amide bonds. The lowest BCUT2D eigenvalue weighted by atomic mass is 10.1. The molecule has 1 rings (SSSR count). The van der Waals surface area contributed by atoms with Crippen molar-refractivity contribution in [1.82, 2.24) is 9.78 Å². The van der Waals surface area contributed by atoms with Gasteiger partial charge in [-0.2, -0.15) is 5.10 Å². The Kier molecular flexibility index (Phi) is 3.62. The van der Waals surface area contributed by atoms with Crippen molar-refractivity contribution in [2.45, 2.75) is 6.42 Å². The fraction of sp³-hybridized carbons (Fsp3) is 0.400. The van der Waals surface area contributed by atoms with E-state index in [0.29, 0.717) is 13.0 Å². The summed E-state index contributed by atoms with van der Waals surface area (Å²) in [6.45, 7) is 4.41. The molecule has 5 heteroatoms. The number of hydrogen-bond donors (Lipinski definition) is 1. The summed E-state index contributed by atoms with van der Waals surface area (Å²) in [5, 5.41) is 4.03. The lowest BCUT2D eigenvalue weighted by Gasteiger charge is -2.02. The van der Waals surface area contributed by atoms with Crippen LogP contribution in [0.3, 0.4) is 0 Å². The summed E-state index contributed by atoms with van der Waals surface area (Å²) in [6, 6.07) is 1.66. The first-order chi connectivity index (χ1) is 7.10. The van der Waals surface area contributed by atoms with Crippen LogP contribution in [-0.2, 0) is 11.8 Å². The Bertz CT molecular complexity index is 382. The number of nitrogens with two attached hydrogens (primary N) is 1. The van der Waals surface area contributed by atoms with Crippen LogP contribution in [0.4, 0.5) is 0 Å². The van der Waals surface area contributed by atoms with Crippen LogP contribution in [0.1, 0.15) is 22.6 Å². The van der Waals surface area contributed by atoms with Gasteiger partial charge in [-0.15, -0.1) is 0 Å². The third-order valence-corrected chi connectivity index (χ3v) is 2.08. The third-order valence-electron chi connectivity index (χ3n) is 2.08. The Balaban J connectivity index is 2.96. The molecule has 2 N–H and O–H groups in total. The van der Waals surface area contributed by atoms with Gasteiger partial charge in [0.05, 0.1) is 12.8 Å². The van der Waals surface area contributed by atoms with Crippen molar-refractivity contribution in [1.29, 1.82) is 0 Å². The first kappa shape index (κ1) is 11.5. The van der Waals surface area contributed by atoms with E-state index in [1.54, 1.807) is 17.8 Å². The number of rotatable bonds is 4. The van der Waals surface area contributed by atoms with Crippen LogP contribution in [0.5, 0.6) is 0 Å². The maximum absolute atomic E-state index is 11.2. The molecule has 1 heterocycles. The molecular formula is C10H15N3O2. The van der Waals surface area contributed by atoms with Gasteiger partial charge < -0.3 is 10.5 Å². The van der Waals surface area contributed by atoms with Gasteiger partial charge in [0.15, 0.2) is 5.69 Å². The second kappa shape index (κ2) is 4.75. The Morgan fingerprint density at radius 3 is 2.93 bits per heavy atom. The molecule has 0 bridgehead atoms. The predicted octanol–water partition coefficient (Wildman–Crippen LogP) is 0.569. The minimum Gasteiger partial charge on any atom is -0.464 e. The van der Waals surface area contributed by atoms with E-state index in [4.69, 9.17) is 5.73 Å². The molecule has 0 aliphatic heterocycles. The number of aryl methyl sites for hydroxylation is 1. The average Bonchev–Trinajstić information content (AvgIpc) is 2.59. The molecule has 0 saturated carbocycles. The van der Waals surface area contributed by atoms with Crippen LogP contribution >= 0.6 is 0 Å². The number of methoxy groups -OCH3 is 1. The van der Waals surface area contributed by atoms with Crippen molar-refractivity contribution in [2.24, 2.45) is 12.8 Å². The zero-order valence-electron chi connectivity index (χ0n) is 8.99. The summed E-state index contributed by atoms with van der Waals surface area (Å²) in [7, 11) is 3.08. The number of carbonyl (C=O) groups is 1. The van der Waals surface area contributed by atoms with Crippen LogP contribution in [-0.4, -0.2) is 29.4 Å². The molecular weight excluding hydrogens is 194 g/mol. The van der Waals surface area contributed by atoms with Crippen molar-refractivity contribution in [3.63, 3.8) is 0 Å². The number of esters is 1. The van der Waals surface area contributed by atoms with E-state index in [2.05, 4.69) is 16.4 Å². The topological polar surface area (TPSA) is 70.1 Å². The lowest BCUT2D eigenvalue weighted by Crippen LogP contribution is -2.04. The van der Waals surface area contributed by atoms with Crippen molar-refractivity contribution in [3.8, 4) is 0 Å². The van der Waals surface area contributed by atoms with Gasteiger partial charge in [-0.3, -0.25) is 4.68 Å². The van der Waals surface area contributed by atoms with Crippen LogP contribution in [0.25, 0.3) is 5.57 Å². The Morgan fingerprint density at radius 1 is 1.73 bits per heavy atom. The van der Waals surface area contributed by atoms with E-state index in [9.17, 15) is 4.79 Å². The van der Waals surface area contributed by atoms with Crippen LogP contribution < -0.4 is 5.73 Å². The molecule has 0 aliphatic carbocycles. The minimum absolute atomic E-state index is 0.285. The Hall–Kier alpha value is -1.62. The van der Waals surface area contributed by atoms with Gasteiger partial charge in [0.1, 0.15) is 0 Å². The summed E-state index contributed by atoms with van der Waals surface area (Å²) >= 11 is 0. The molecule has 0 spiro atoms. The summed E-state index contributed by atoms with van der Waals surface area (Å²) in [5.41, 5.74) is 7.38. The fourth-order valence-corrected chi connectivity index (χ4v) is 1.30. The fourth-order valence-electron chi connectivity index (χ4n) is 1.30. The molecule has 0 atom stereocenters. The lowest BCUT2D eigenvalue weighted by molar-refractivity contribution is 0.0593. The van der Waals surface area contributed by atoms with E-state index >= 15 is 0 Å². The molecule has 1 aromatic heterocycles. The van der Waals surface area contributed by atoms with E-state index in [-0.39, 0.29) is 5.69 Å². The third kappa shape index (κ3) is 2.44. The summed E-state index contributed by atoms with van der Waals surface area (Å²) in [4.78, 5) is 11.2. The molecule has 0 aromatic carbocycles. The molecule has 0 aliphatic rings. The highest BCUT2D eigenvalue weighted by molar-refractivity contribution is 5.88. The number of ether oxygens (including phenoxy) is 1. The van der Waals surface area contributed by atoms with Crippen LogP contribution in [0.15, 0.2) is 12.6 Å². The molecule has 0 fully saturated rings. The summed E-state index contributed by atoms with van der Waals surface area (Å²) in [6.07, 6.45) is 0.681. The molecule has 0 saturated heterocycles. The number of nitrogens with zero attached hydrogens (tertiary/aromatic N) is 2. The van der Waals surface area contributed by atoms with Gasteiger partial charge in [-0.05, 0) is 24.6 Å². The summed E-state index contributed by atoms with van der Waals surface area (Å²) in [5.74, 6) is -0.447. The quantitative estimate of drug-likeness (QED) is 0.736. The van der Waals surface area contributed by atoms with E-state index in [0.717, 1.165) is 11.3 Å². The predicted molar refractivity (Wildman–Crippen MR) is 57.3 cm³/mol. The van der Waals surface area contributed by atoms with Gasteiger partial charge in [0.2, 0.25) is 0 Å². The maximum Gasteiger partial charge on any atom is 0.358 e. The second-order valence-electron chi connectivity index (χ2n) is 3.17. The minimum atomic E-state index is -0.447. The van der Waals surface area contributed by atoms with Crippen molar-refractivity contribution >= 4 is 11.5 Å². The highest BCUT2D eigenvalue weighted by Crippen LogP contribution is 2.16. The van der Waals surface area contributed by atoms with Crippen molar-refractivity contribution in [3.05, 3.63) is 24.0 Å². The van der Waals surface area contributed by atoms with Gasteiger partial charge in [0.25, 0.3) is 0 Å². The van der Waals surface area contributed by atoms with Gasteiger partial charge in [-0.1, -0.05) is 6.58 Å². The maximum atomic E-state index is 11.2. The standard InChI is InChI=1S/C10H15N3O2/c1-7(4-5-11)9-6-8(10(14)15-3)12-13(9)2/h6H,1,4-5,11H2,2-3H3. The number of aromatic nitrogens is 2. The molecule has 1 aromatic rings. The van der Waals surface area contributed by atoms with Crippen LogP contribution in [0, 0.1) is 0 Å². The smallest absolute Gasteiger partial charge is 0.358 e. The van der Waals surface area contributed by atoms with Crippen molar-refractivity contribution in [2.75, 3.05) is 13.7 Å². The first-order valence-corrected chi connectivity index (χ1v) is 4.60. The van der Waals surface area contributed by atoms with Crippen molar-refractivity contribution < 1.29 is 9.53 Å². The molecule has 0 unspecified atom stereocenters. The normalized spacial score (nSPS) is 10.1. The average molecular weight is 209 g/mol. The molecule has 15 heavy (non-hydrogen) atoms. The van der Waals surface area contributed by atoms with E-state index in [1.807, 2.05) is 0 Å². The molecule has 82 valence electrons. The zero-order chi connectivity index (χ0) is 11.4. The van der Waals surface area contributed by atoms with Gasteiger partial charge >= 0.3 is 5.97 Å².